The highest BCUT2D eigenvalue weighted by atomic mass is 16.6. The number of primary amides is 1. The standard InChI is InChI=1S/C17H17NO5/c1-21-12-9-6-10-13(22-2)14(12)17(20)23-15(16(18)19)11-7-4-3-5-8-11/h3-10,15H,1-2H3,(H2,18,19). The lowest BCUT2D eigenvalue weighted by atomic mass is 10.1. The molecule has 0 heterocycles. The monoisotopic (exact) mass is 315 g/mol. The van der Waals surface area contributed by atoms with Crippen LogP contribution in [0.4, 0.5) is 0 Å². The molecule has 0 fully saturated rings. The van der Waals surface area contributed by atoms with E-state index in [0.29, 0.717) is 5.56 Å². The third kappa shape index (κ3) is 3.60. The number of nitrogens with two attached hydrogens (primary N) is 1. The maximum Gasteiger partial charge on any atom is 0.346 e. The first kappa shape index (κ1) is 16.4. The van der Waals surface area contributed by atoms with Gasteiger partial charge in [0.2, 0.25) is 6.10 Å². The number of ether oxygens (including phenoxy) is 3. The van der Waals surface area contributed by atoms with Crippen LogP contribution >= 0.6 is 0 Å². The third-order valence-electron chi connectivity index (χ3n) is 3.22. The van der Waals surface area contributed by atoms with Gasteiger partial charge in [-0.1, -0.05) is 36.4 Å². The van der Waals surface area contributed by atoms with Crippen LogP contribution in [0.5, 0.6) is 11.5 Å². The molecule has 1 amide bonds. The lowest BCUT2D eigenvalue weighted by Crippen LogP contribution is -2.26. The van der Waals surface area contributed by atoms with E-state index in [-0.39, 0.29) is 17.1 Å². The molecule has 0 radical (unpaired) electrons. The maximum absolute atomic E-state index is 12.5. The fourth-order valence-electron chi connectivity index (χ4n) is 2.14. The number of carbonyl (C=O) groups is 2. The average molecular weight is 315 g/mol. The number of amides is 1. The second kappa shape index (κ2) is 7.31. The molecule has 6 heteroatoms. The first-order valence-electron chi connectivity index (χ1n) is 6.84. The van der Waals surface area contributed by atoms with Crippen molar-refractivity contribution in [3.8, 4) is 11.5 Å². The molecule has 0 aliphatic rings. The van der Waals surface area contributed by atoms with Crippen LogP contribution in [0.25, 0.3) is 0 Å². The largest absolute Gasteiger partial charge is 0.496 e. The van der Waals surface area contributed by atoms with Crippen LogP contribution in [-0.4, -0.2) is 26.1 Å². The molecular formula is C17H17NO5. The summed E-state index contributed by atoms with van der Waals surface area (Å²) in [5.74, 6) is -0.957. The van der Waals surface area contributed by atoms with Gasteiger partial charge in [-0.2, -0.15) is 0 Å². The van der Waals surface area contributed by atoms with Crippen LogP contribution in [-0.2, 0) is 9.53 Å². The summed E-state index contributed by atoms with van der Waals surface area (Å²) in [7, 11) is 2.85. The smallest absolute Gasteiger partial charge is 0.346 e. The molecule has 0 saturated heterocycles. The van der Waals surface area contributed by atoms with Gasteiger partial charge in [-0.15, -0.1) is 0 Å². The number of hydrogen-bond acceptors (Lipinski definition) is 5. The van der Waals surface area contributed by atoms with Crippen molar-refractivity contribution >= 4 is 11.9 Å². The topological polar surface area (TPSA) is 87.8 Å². The Morgan fingerprint density at radius 3 is 1.96 bits per heavy atom. The Morgan fingerprint density at radius 2 is 1.48 bits per heavy atom. The zero-order valence-electron chi connectivity index (χ0n) is 12.8. The molecule has 120 valence electrons. The van der Waals surface area contributed by atoms with Gasteiger partial charge < -0.3 is 19.9 Å². The van der Waals surface area contributed by atoms with Gasteiger partial charge in [0.1, 0.15) is 17.1 Å². The summed E-state index contributed by atoms with van der Waals surface area (Å²) < 4.78 is 15.6. The number of carbonyl (C=O) groups excluding carboxylic acids is 2. The molecule has 0 aromatic heterocycles. The molecule has 2 aromatic rings. The Balaban J connectivity index is 2.35. The Bertz CT molecular complexity index is 677. The Morgan fingerprint density at radius 1 is 0.913 bits per heavy atom. The molecule has 0 aliphatic carbocycles. The van der Waals surface area contributed by atoms with Gasteiger partial charge in [0.25, 0.3) is 5.91 Å². The average Bonchev–Trinajstić information content (AvgIpc) is 2.59. The summed E-state index contributed by atoms with van der Waals surface area (Å²) in [6.07, 6.45) is -1.20. The highest BCUT2D eigenvalue weighted by Crippen LogP contribution is 2.30. The molecule has 2 rings (SSSR count). The summed E-state index contributed by atoms with van der Waals surface area (Å²) in [5, 5.41) is 0. The van der Waals surface area contributed by atoms with Crippen molar-refractivity contribution in [2.45, 2.75) is 6.10 Å². The molecule has 0 bridgehead atoms. The lowest BCUT2D eigenvalue weighted by molar-refractivity contribution is -0.127. The Labute approximate surface area is 133 Å². The highest BCUT2D eigenvalue weighted by Gasteiger charge is 2.27. The molecule has 1 unspecified atom stereocenters. The number of methoxy groups -OCH3 is 2. The fourth-order valence-corrected chi connectivity index (χ4v) is 2.14. The van der Waals surface area contributed by atoms with Crippen LogP contribution < -0.4 is 15.2 Å². The van der Waals surface area contributed by atoms with E-state index in [1.54, 1.807) is 48.5 Å². The second-order valence-corrected chi connectivity index (χ2v) is 4.64. The predicted octanol–water partition coefficient (Wildman–Crippen LogP) is 2.09. The van der Waals surface area contributed by atoms with Crippen molar-refractivity contribution in [2.75, 3.05) is 14.2 Å². The SMILES string of the molecule is COc1cccc(OC)c1C(=O)OC(C(N)=O)c1ccccc1. The predicted molar refractivity (Wildman–Crippen MR) is 83.3 cm³/mol. The summed E-state index contributed by atoms with van der Waals surface area (Å²) in [6.45, 7) is 0. The van der Waals surface area contributed by atoms with E-state index in [9.17, 15) is 9.59 Å². The van der Waals surface area contributed by atoms with E-state index >= 15 is 0 Å². The fraction of sp³-hybridized carbons (Fsp3) is 0.176. The molecule has 23 heavy (non-hydrogen) atoms. The zero-order chi connectivity index (χ0) is 16.8. The van der Waals surface area contributed by atoms with E-state index in [4.69, 9.17) is 19.9 Å². The van der Waals surface area contributed by atoms with Crippen LogP contribution in [0.1, 0.15) is 22.0 Å². The molecule has 1 atom stereocenters. The maximum atomic E-state index is 12.5. The second-order valence-electron chi connectivity index (χ2n) is 4.64. The summed E-state index contributed by atoms with van der Waals surface area (Å²) >= 11 is 0. The van der Waals surface area contributed by atoms with Crippen LogP contribution in [0.15, 0.2) is 48.5 Å². The van der Waals surface area contributed by atoms with Crippen molar-refractivity contribution in [1.29, 1.82) is 0 Å². The molecule has 2 aromatic carbocycles. The molecule has 2 N–H and O–H groups in total. The number of esters is 1. The van der Waals surface area contributed by atoms with Gasteiger partial charge in [0, 0.05) is 5.56 Å². The van der Waals surface area contributed by atoms with Gasteiger partial charge >= 0.3 is 5.97 Å². The zero-order valence-corrected chi connectivity index (χ0v) is 12.8. The molecule has 0 spiro atoms. The minimum absolute atomic E-state index is 0.0969. The molecule has 0 saturated carbocycles. The van der Waals surface area contributed by atoms with E-state index in [1.165, 1.54) is 14.2 Å². The van der Waals surface area contributed by atoms with Crippen molar-refractivity contribution in [3.05, 3.63) is 59.7 Å². The minimum atomic E-state index is -1.20. The van der Waals surface area contributed by atoms with Crippen LogP contribution in [0.2, 0.25) is 0 Å². The first-order chi connectivity index (χ1) is 11.1. The quantitative estimate of drug-likeness (QED) is 0.825. The number of benzene rings is 2. The number of rotatable bonds is 6. The summed E-state index contributed by atoms with van der Waals surface area (Å²) in [4.78, 5) is 24.2. The van der Waals surface area contributed by atoms with Crippen molar-refractivity contribution < 1.29 is 23.8 Å². The summed E-state index contributed by atoms with van der Waals surface area (Å²) in [6, 6.07) is 13.4. The van der Waals surface area contributed by atoms with E-state index < -0.39 is 18.0 Å². The van der Waals surface area contributed by atoms with Crippen molar-refractivity contribution in [3.63, 3.8) is 0 Å². The first-order valence-corrected chi connectivity index (χ1v) is 6.84. The molecule has 6 nitrogen and oxygen atoms in total. The highest BCUT2D eigenvalue weighted by molar-refractivity contribution is 5.97. The van der Waals surface area contributed by atoms with Gasteiger partial charge in [-0.25, -0.2) is 4.79 Å². The summed E-state index contributed by atoms with van der Waals surface area (Å²) in [5.41, 5.74) is 5.94. The van der Waals surface area contributed by atoms with Crippen LogP contribution in [0, 0.1) is 0 Å². The molecular weight excluding hydrogens is 298 g/mol. The van der Waals surface area contributed by atoms with E-state index in [0.717, 1.165) is 0 Å². The Kier molecular flexibility index (Phi) is 5.19. The van der Waals surface area contributed by atoms with Gasteiger partial charge in [0.05, 0.1) is 14.2 Å². The van der Waals surface area contributed by atoms with E-state index in [1.807, 2.05) is 0 Å². The van der Waals surface area contributed by atoms with Gasteiger partial charge in [-0.05, 0) is 12.1 Å². The van der Waals surface area contributed by atoms with E-state index in [2.05, 4.69) is 0 Å². The molecule has 0 aliphatic heterocycles. The normalized spacial score (nSPS) is 11.4. The van der Waals surface area contributed by atoms with Crippen molar-refractivity contribution in [1.82, 2.24) is 0 Å². The minimum Gasteiger partial charge on any atom is -0.496 e. The lowest BCUT2D eigenvalue weighted by Gasteiger charge is -2.17. The number of hydrogen-bond donors (Lipinski definition) is 1. The Hall–Kier alpha value is -3.02. The van der Waals surface area contributed by atoms with Gasteiger partial charge in [0.15, 0.2) is 0 Å². The van der Waals surface area contributed by atoms with Crippen molar-refractivity contribution in [2.24, 2.45) is 5.73 Å². The van der Waals surface area contributed by atoms with Gasteiger partial charge in [-0.3, -0.25) is 4.79 Å². The van der Waals surface area contributed by atoms with Crippen LogP contribution in [0.3, 0.4) is 0 Å². The third-order valence-corrected chi connectivity index (χ3v) is 3.22.